The van der Waals surface area contributed by atoms with Gasteiger partial charge >= 0.3 is 0 Å². The van der Waals surface area contributed by atoms with Crippen molar-refractivity contribution < 1.29 is 0 Å². The molecule has 2 rings (SSSR count). The summed E-state index contributed by atoms with van der Waals surface area (Å²) in [6.45, 7) is 7.98. The molecule has 0 amide bonds. The Labute approximate surface area is 126 Å². The van der Waals surface area contributed by atoms with E-state index < -0.39 is 0 Å². The average Bonchev–Trinajstić information content (AvgIpc) is 2.87. The molecule has 0 aliphatic rings. The van der Waals surface area contributed by atoms with Crippen LogP contribution < -0.4 is 0 Å². The standard InChI is InChI=1S/C17H22N4/c1-17(2,3)16-9-15(19-20-16)12-21(4)11-14-8-6-5-7-13(14)10-18/h5-9H,11-12H2,1-4H3,(H,19,20). The summed E-state index contributed by atoms with van der Waals surface area (Å²) in [4.78, 5) is 2.18. The van der Waals surface area contributed by atoms with Crippen molar-refractivity contribution >= 4 is 0 Å². The Kier molecular flexibility index (Phi) is 4.44. The van der Waals surface area contributed by atoms with Crippen LogP contribution in [0.3, 0.4) is 0 Å². The molecule has 0 radical (unpaired) electrons. The summed E-state index contributed by atoms with van der Waals surface area (Å²) in [5.74, 6) is 0. The van der Waals surface area contributed by atoms with Crippen LogP contribution in [0.5, 0.6) is 0 Å². The molecular weight excluding hydrogens is 260 g/mol. The summed E-state index contributed by atoms with van der Waals surface area (Å²) < 4.78 is 0. The van der Waals surface area contributed by atoms with Crippen LogP contribution in [0.1, 0.15) is 43.3 Å². The molecule has 0 atom stereocenters. The fourth-order valence-corrected chi connectivity index (χ4v) is 2.23. The van der Waals surface area contributed by atoms with Crippen LogP contribution in [0.25, 0.3) is 0 Å². The molecule has 0 unspecified atom stereocenters. The minimum Gasteiger partial charge on any atom is -0.296 e. The van der Waals surface area contributed by atoms with Gasteiger partial charge in [-0.25, -0.2) is 0 Å². The summed E-state index contributed by atoms with van der Waals surface area (Å²) >= 11 is 0. The molecule has 110 valence electrons. The van der Waals surface area contributed by atoms with E-state index >= 15 is 0 Å². The van der Waals surface area contributed by atoms with Gasteiger partial charge in [0.1, 0.15) is 0 Å². The molecule has 0 saturated carbocycles. The van der Waals surface area contributed by atoms with Gasteiger partial charge in [0.25, 0.3) is 0 Å². The fraction of sp³-hybridized carbons (Fsp3) is 0.412. The topological polar surface area (TPSA) is 55.7 Å². The van der Waals surface area contributed by atoms with Gasteiger partial charge in [-0.15, -0.1) is 0 Å². The van der Waals surface area contributed by atoms with Crippen LogP contribution in [0, 0.1) is 11.3 Å². The van der Waals surface area contributed by atoms with Gasteiger partial charge in [-0.1, -0.05) is 39.0 Å². The number of rotatable bonds is 4. The van der Waals surface area contributed by atoms with E-state index in [1.807, 2.05) is 31.3 Å². The van der Waals surface area contributed by atoms with Crippen molar-refractivity contribution in [2.24, 2.45) is 0 Å². The van der Waals surface area contributed by atoms with Gasteiger partial charge in [0.05, 0.1) is 17.3 Å². The zero-order valence-corrected chi connectivity index (χ0v) is 13.1. The summed E-state index contributed by atoms with van der Waals surface area (Å²) in [7, 11) is 2.05. The first kappa shape index (κ1) is 15.3. The van der Waals surface area contributed by atoms with Crippen molar-refractivity contribution in [2.75, 3.05) is 7.05 Å². The minimum atomic E-state index is 0.0563. The maximum Gasteiger partial charge on any atom is 0.0995 e. The summed E-state index contributed by atoms with van der Waals surface area (Å²) in [5, 5.41) is 16.6. The molecule has 0 aliphatic carbocycles. The van der Waals surface area contributed by atoms with Gasteiger partial charge in [0.2, 0.25) is 0 Å². The van der Waals surface area contributed by atoms with E-state index in [9.17, 15) is 0 Å². The van der Waals surface area contributed by atoms with E-state index in [1.54, 1.807) is 0 Å². The molecule has 0 aliphatic heterocycles. The quantitative estimate of drug-likeness (QED) is 0.936. The number of hydrogen-bond acceptors (Lipinski definition) is 3. The Balaban J connectivity index is 2.04. The van der Waals surface area contributed by atoms with Gasteiger partial charge in [-0.2, -0.15) is 10.4 Å². The van der Waals surface area contributed by atoms with Crippen molar-refractivity contribution in [3.05, 3.63) is 52.8 Å². The number of aromatic nitrogens is 2. The van der Waals surface area contributed by atoms with Crippen molar-refractivity contribution in [1.29, 1.82) is 5.26 Å². The van der Waals surface area contributed by atoms with Gasteiger partial charge in [-0.3, -0.25) is 10.00 Å². The first-order chi connectivity index (χ1) is 9.90. The summed E-state index contributed by atoms with van der Waals surface area (Å²) in [5.41, 5.74) is 4.02. The lowest BCUT2D eigenvalue weighted by Gasteiger charge is -2.16. The van der Waals surface area contributed by atoms with Gasteiger partial charge in [0, 0.05) is 24.2 Å². The number of hydrogen-bond donors (Lipinski definition) is 1. The third-order valence-corrected chi connectivity index (χ3v) is 3.42. The normalized spacial score (nSPS) is 11.6. The van der Waals surface area contributed by atoms with Crippen molar-refractivity contribution in [2.45, 2.75) is 39.3 Å². The fourth-order valence-electron chi connectivity index (χ4n) is 2.23. The molecule has 1 aromatic carbocycles. The second-order valence-electron chi connectivity index (χ2n) is 6.47. The molecular formula is C17H22N4. The zero-order chi connectivity index (χ0) is 15.5. The number of nitrogens with one attached hydrogen (secondary N) is 1. The predicted octanol–water partition coefficient (Wildman–Crippen LogP) is 3.21. The van der Waals surface area contributed by atoms with E-state index in [0.717, 1.165) is 35.6 Å². The Morgan fingerprint density at radius 1 is 1.24 bits per heavy atom. The average molecular weight is 282 g/mol. The zero-order valence-electron chi connectivity index (χ0n) is 13.1. The lowest BCUT2D eigenvalue weighted by Crippen LogP contribution is -2.18. The monoisotopic (exact) mass is 282 g/mol. The van der Waals surface area contributed by atoms with Crippen LogP contribution in [0.4, 0.5) is 0 Å². The van der Waals surface area contributed by atoms with Gasteiger partial charge in [0.15, 0.2) is 0 Å². The number of nitriles is 1. The molecule has 0 bridgehead atoms. The molecule has 21 heavy (non-hydrogen) atoms. The molecule has 0 spiro atoms. The molecule has 2 aromatic rings. The maximum absolute atomic E-state index is 9.13. The van der Waals surface area contributed by atoms with Gasteiger partial charge < -0.3 is 0 Å². The third kappa shape index (κ3) is 3.93. The molecule has 1 heterocycles. The minimum absolute atomic E-state index is 0.0563. The van der Waals surface area contributed by atoms with Crippen LogP contribution in [0.2, 0.25) is 0 Å². The highest BCUT2D eigenvalue weighted by Gasteiger charge is 2.17. The highest BCUT2D eigenvalue weighted by atomic mass is 15.2. The number of nitrogens with zero attached hydrogens (tertiary/aromatic N) is 3. The van der Waals surface area contributed by atoms with Crippen molar-refractivity contribution in [3.8, 4) is 6.07 Å². The Hall–Kier alpha value is -2.12. The first-order valence-electron chi connectivity index (χ1n) is 7.11. The van der Waals surface area contributed by atoms with Crippen LogP contribution >= 0.6 is 0 Å². The first-order valence-corrected chi connectivity index (χ1v) is 7.11. The third-order valence-electron chi connectivity index (χ3n) is 3.42. The lowest BCUT2D eigenvalue weighted by molar-refractivity contribution is 0.314. The smallest absolute Gasteiger partial charge is 0.0995 e. The largest absolute Gasteiger partial charge is 0.296 e. The van der Waals surface area contributed by atoms with E-state index in [4.69, 9.17) is 5.26 Å². The SMILES string of the molecule is CN(Cc1cc(C(C)(C)C)n[nH]1)Cc1ccccc1C#N. The van der Waals surface area contributed by atoms with E-state index in [0.29, 0.717) is 0 Å². The van der Waals surface area contributed by atoms with E-state index in [2.05, 4.69) is 48.0 Å². The number of aromatic amines is 1. The number of H-pyrrole nitrogens is 1. The highest BCUT2D eigenvalue weighted by molar-refractivity contribution is 5.37. The second kappa shape index (κ2) is 6.11. The van der Waals surface area contributed by atoms with Crippen molar-refractivity contribution in [1.82, 2.24) is 15.1 Å². The Morgan fingerprint density at radius 3 is 2.57 bits per heavy atom. The molecule has 1 aromatic heterocycles. The molecule has 0 fully saturated rings. The number of benzene rings is 1. The van der Waals surface area contributed by atoms with Gasteiger partial charge in [-0.05, 0) is 24.7 Å². The second-order valence-corrected chi connectivity index (χ2v) is 6.47. The summed E-state index contributed by atoms with van der Waals surface area (Å²) in [6.07, 6.45) is 0. The van der Waals surface area contributed by atoms with Crippen LogP contribution in [0.15, 0.2) is 30.3 Å². The molecule has 4 heteroatoms. The maximum atomic E-state index is 9.13. The predicted molar refractivity (Wildman–Crippen MR) is 83.6 cm³/mol. The molecule has 1 N–H and O–H groups in total. The molecule has 4 nitrogen and oxygen atoms in total. The van der Waals surface area contributed by atoms with E-state index in [1.165, 1.54) is 0 Å². The molecule has 0 saturated heterocycles. The lowest BCUT2D eigenvalue weighted by atomic mass is 9.92. The van der Waals surface area contributed by atoms with Crippen molar-refractivity contribution in [3.63, 3.8) is 0 Å². The highest BCUT2D eigenvalue weighted by Crippen LogP contribution is 2.21. The van der Waals surface area contributed by atoms with Crippen LogP contribution in [-0.4, -0.2) is 22.1 Å². The Bertz CT molecular complexity index is 643. The summed E-state index contributed by atoms with van der Waals surface area (Å²) in [6, 6.07) is 12.1. The van der Waals surface area contributed by atoms with E-state index in [-0.39, 0.29) is 5.41 Å². The Morgan fingerprint density at radius 2 is 1.95 bits per heavy atom. The van der Waals surface area contributed by atoms with Crippen LogP contribution in [-0.2, 0) is 18.5 Å².